The van der Waals surface area contributed by atoms with Gasteiger partial charge in [0.15, 0.2) is 23.0 Å². The smallest absolute Gasteiger partial charge is 0.231 e. The van der Waals surface area contributed by atoms with Crippen molar-refractivity contribution in [1.82, 2.24) is 0 Å². The summed E-state index contributed by atoms with van der Waals surface area (Å²) in [5.74, 6) is 2.58. The lowest BCUT2D eigenvalue weighted by atomic mass is 9.83. The highest BCUT2D eigenvalue weighted by molar-refractivity contribution is 14.1. The van der Waals surface area contributed by atoms with Crippen LogP contribution in [0.3, 0.4) is 0 Å². The Balaban J connectivity index is 1.56. The van der Waals surface area contributed by atoms with Crippen molar-refractivity contribution in [3.63, 3.8) is 0 Å². The van der Waals surface area contributed by atoms with E-state index < -0.39 is 5.92 Å². The third-order valence-electron chi connectivity index (χ3n) is 5.88. The van der Waals surface area contributed by atoms with Gasteiger partial charge in [-0.25, -0.2) is 0 Å². The standard InChI is InChI=1S/C27H23IN2O5/c1-3-31-24-9-17(8-20(28)26(24)32-13-16-6-4-15(2)5-7-16)25-18-10-22-23(34-14-33-22)11-21(18)35-27(30)19(25)12-29/h4-11,25H,3,13-14,30H2,1-2H3/t25-/m1/s1. The van der Waals surface area contributed by atoms with Crippen LogP contribution in [0.2, 0.25) is 0 Å². The van der Waals surface area contributed by atoms with Crippen LogP contribution in [-0.2, 0) is 6.61 Å². The molecule has 3 aromatic rings. The van der Waals surface area contributed by atoms with E-state index in [1.54, 1.807) is 6.07 Å². The van der Waals surface area contributed by atoms with Gasteiger partial charge in [0, 0.05) is 11.6 Å². The van der Waals surface area contributed by atoms with Gasteiger partial charge in [0.1, 0.15) is 24.0 Å². The van der Waals surface area contributed by atoms with E-state index in [0.29, 0.717) is 47.5 Å². The molecule has 0 radical (unpaired) electrons. The molecular formula is C27H23IN2O5. The van der Waals surface area contributed by atoms with Crippen LogP contribution in [0.1, 0.15) is 35.1 Å². The van der Waals surface area contributed by atoms with Crippen LogP contribution in [-0.4, -0.2) is 13.4 Å². The van der Waals surface area contributed by atoms with Gasteiger partial charge >= 0.3 is 0 Å². The lowest BCUT2D eigenvalue weighted by Crippen LogP contribution is -2.21. The molecule has 0 bridgehead atoms. The molecule has 5 rings (SSSR count). The third kappa shape index (κ3) is 4.44. The first-order chi connectivity index (χ1) is 17.0. The summed E-state index contributed by atoms with van der Waals surface area (Å²) in [5, 5.41) is 9.96. The van der Waals surface area contributed by atoms with Crippen LogP contribution in [0.4, 0.5) is 0 Å². The molecule has 0 amide bonds. The predicted molar refractivity (Wildman–Crippen MR) is 138 cm³/mol. The maximum Gasteiger partial charge on any atom is 0.231 e. The van der Waals surface area contributed by atoms with Gasteiger partial charge in [0.05, 0.1) is 16.1 Å². The maximum absolute atomic E-state index is 9.96. The van der Waals surface area contributed by atoms with Gasteiger partial charge in [-0.3, -0.25) is 0 Å². The number of hydrogen-bond donors (Lipinski definition) is 1. The Morgan fingerprint density at radius 3 is 2.51 bits per heavy atom. The molecule has 0 saturated carbocycles. The molecule has 2 aliphatic rings. The first-order valence-electron chi connectivity index (χ1n) is 11.1. The first kappa shape index (κ1) is 23.2. The van der Waals surface area contributed by atoms with Gasteiger partial charge in [0.2, 0.25) is 12.7 Å². The number of benzene rings is 3. The quantitative estimate of drug-likeness (QED) is 0.383. The van der Waals surface area contributed by atoms with Gasteiger partial charge in [-0.1, -0.05) is 29.8 Å². The highest BCUT2D eigenvalue weighted by Gasteiger charge is 2.34. The SMILES string of the molecule is CCOc1cc([C@H]2C(C#N)=C(N)Oc3cc4c(cc32)OCO4)cc(I)c1OCc1ccc(C)cc1. The summed E-state index contributed by atoms with van der Waals surface area (Å²) in [6.45, 7) is 4.99. The average Bonchev–Trinajstić information content (AvgIpc) is 3.30. The minimum absolute atomic E-state index is 0.0662. The predicted octanol–water partition coefficient (Wildman–Crippen LogP) is 5.52. The van der Waals surface area contributed by atoms with Crippen molar-refractivity contribution in [2.24, 2.45) is 5.73 Å². The zero-order valence-corrected chi connectivity index (χ0v) is 21.4. The number of nitrogens with zero attached hydrogens (tertiary/aromatic N) is 1. The van der Waals surface area contributed by atoms with Gasteiger partial charge in [-0.05, 0) is 65.8 Å². The van der Waals surface area contributed by atoms with E-state index in [9.17, 15) is 5.26 Å². The highest BCUT2D eigenvalue weighted by Crippen LogP contribution is 2.49. The van der Waals surface area contributed by atoms with Crippen LogP contribution >= 0.6 is 22.6 Å². The molecule has 0 fully saturated rings. The number of nitrogens with two attached hydrogens (primary N) is 1. The highest BCUT2D eigenvalue weighted by atomic mass is 127. The van der Waals surface area contributed by atoms with Crippen LogP contribution in [0.5, 0.6) is 28.7 Å². The average molecular weight is 582 g/mol. The first-order valence-corrected chi connectivity index (χ1v) is 12.2. The molecule has 1 atom stereocenters. The van der Waals surface area contributed by atoms with Crippen LogP contribution < -0.4 is 29.4 Å². The summed E-state index contributed by atoms with van der Waals surface area (Å²) in [4.78, 5) is 0. The van der Waals surface area contributed by atoms with E-state index >= 15 is 0 Å². The Labute approximate surface area is 217 Å². The minimum Gasteiger partial charge on any atom is -0.490 e. The molecular weight excluding hydrogens is 559 g/mol. The normalized spacial score (nSPS) is 15.8. The fourth-order valence-electron chi connectivity index (χ4n) is 4.19. The summed E-state index contributed by atoms with van der Waals surface area (Å²) in [6, 6.07) is 17.9. The van der Waals surface area contributed by atoms with Gasteiger partial charge in [0.25, 0.3) is 0 Å². The largest absolute Gasteiger partial charge is 0.490 e. The summed E-state index contributed by atoms with van der Waals surface area (Å²) in [6.07, 6.45) is 0. The zero-order valence-electron chi connectivity index (χ0n) is 19.3. The topological polar surface area (TPSA) is 96.0 Å². The minimum atomic E-state index is -0.461. The van der Waals surface area contributed by atoms with Gasteiger partial charge in [-0.15, -0.1) is 0 Å². The molecule has 0 spiro atoms. The second-order valence-electron chi connectivity index (χ2n) is 8.21. The van der Waals surface area contributed by atoms with E-state index in [2.05, 4.69) is 47.7 Å². The molecule has 178 valence electrons. The van der Waals surface area contributed by atoms with E-state index in [-0.39, 0.29) is 12.7 Å². The van der Waals surface area contributed by atoms with Crippen molar-refractivity contribution in [2.45, 2.75) is 26.4 Å². The van der Waals surface area contributed by atoms with Crippen molar-refractivity contribution in [2.75, 3.05) is 13.4 Å². The second kappa shape index (κ2) is 9.58. The van der Waals surface area contributed by atoms with Crippen molar-refractivity contribution < 1.29 is 23.7 Å². The molecule has 2 aliphatic heterocycles. The van der Waals surface area contributed by atoms with Gasteiger partial charge in [-0.2, -0.15) is 5.26 Å². The zero-order chi connectivity index (χ0) is 24.5. The van der Waals surface area contributed by atoms with Crippen molar-refractivity contribution in [1.29, 1.82) is 5.26 Å². The monoisotopic (exact) mass is 582 g/mol. The fourth-order valence-corrected chi connectivity index (χ4v) is 4.97. The van der Waals surface area contributed by atoms with Crippen LogP contribution in [0.25, 0.3) is 0 Å². The van der Waals surface area contributed by atoms with Crippen LogP contribution in [0, 0.1) is 21.8 Å². The van der Waals surface area contributed by atoms with E-state index in [1.807, 2.05) is 37.3 Å². The molecule has 0 aliphatic carbocycles. The second-order valence-corrected chi connectivity index (χ2v) is 9.37. The molecule has 2 heterocycles. The maximum atomic E-state index is 9.96. The molecule has 8 heteroatoms. The molecule has 3 aromatic carbocycles. The Morgan fingerprint density at radius 1 is 1.06 bits per heavy atom. The van der Waals surface area contributed by atoms with Crippen molar-refractivity contribution >= 4 is 22.6 Å². The van der Waals surface area contributed by atoms with Gasteiger partial charge < -0.3 is 29.4 Å². The van der Waals surface area contributed by atoms with E-state index in [0.717, 1.165) is 20.3 Å². The number of hydrogen-bond acceptors (Lipinski definition) is 7. The summed E-state index contributed by atoms with van der Waals surface area (Å²) >= 11 is 2.24. The lowest BCUT2D eigenvalue weighted by molar-refractivity contribution is 0.174. The Bertz CT molecular complexity index is 1360. The number of aryl methyl sites for hydroxylation is 1. The van der Waals surface area contributed by atoms with Crippen molar-refractivity contribution in [3.8, 4) is 34.8 Å². The number of allylic oxidation sites excluding steroid dienone is 1. The molecule has 35 heavy (non-hydrogen) atoms. The molecule has 0 unspecified atom stereocenters. The number of rotatable bonds is 6. The number of halogens is 1. The summed E-state index contributed by atoms with van der Waals surface area (Å²) < 4.78 is 29.9. The van der Waals surface area contributed by atoms with Crippen molar-refractivity contribution in [3.05, 3.63) is 85.8 Å². The lowest BCUT2D eigenvalue weighted by Gasteiger charge is -2.27. The number of fused-ring (bicyclic) bond motifs is 2. The molecule has 0 aromatic heterocycles. The number of nitriles is 1. The third-order valence-corrected chi connectivity index (χ3v) is 6.68. The fraction of sp³-hybridized carbons (Fsp3) is 0.222. The summed E-state index contributed by atoms with van der Waals surface area (Å²) in [7, 11) is 0. The van der Waals surface area contributed by atoms with E-state index in [4.69, 9.17) is 29.4 Å². The van der Waals surface area contributed by atoms with E-state index in [1.165, 1.54) is 5.56 Å². The molecule has 0 saturated heterocycles. The summed E-state index contributed by atoms with van der Waals surface area (Å²) in [5.41, 5.74) is 10.4. The Morgan fingerprint density at radius 2 is 1.80 bits per heavy atom. The van der Waals surface area contributed by atoms with Crippen LogP contribution in [0.15, 0.2) is 60.0 Å². The Hall–Kier alpha value is -3.58. The molecule has 2 N–H and O–H groups in total. The Kier molecular flexibility index (Phi) is 6.34. The number of ether oxygens (including phenoxy) is 5. The molecule has 7 nitrogen and oxygen atoms in total.